The molecule has 0 saturated carbocycles. The van der Waals surface area contributed by atoms with E-state index in [0.29, 0.717) is 5.57 Å². The van der Waals surface area contributed by atoms with Crippen molar-refractivity contribution in [2.45, 2.75) is 76.0 Å². The Labute approximate surface area is 167 Å². The van der Waals surface area contributed by atoms with Crippen LogP contribution in [0.2, 0.25) is 0 Å². The predicted octanol–water partition coefficient (Wildman–Crippen LogP) is 3.70. The maximum atomic E-state index is 10.3. The maximum Gasteiger partial charge on any atom is 0.101 e. The average molecular weight is 385 g/mol. The second-order valence-corrected chi connectivity index (χ2v) is 8.99. The van der Waals surface area contributed by atoms with Crippen LogP contribution in [0.25, 0.3) is 6.08 Å². The lowest BCUT2D eigenvalue weighted by atomic mass is 9.82. The number of hydrogen-bond acceptors (Lipinski definition) is 4. The smallest absolute Gasteiger partial charge is 0.101 e. The summed E-state index contributed by atoms with van der Waals surface area (Å²) >= 11 is 0. The Morgan fingerprint density at radius 3 is 2.14 bits per heavy atom. The van der Waals surface area contributed by atoms with Crippen molar-refractivity contribution in [3.8, 4) is 0 Å². The van der Waals surface area contributed by atoms with E-state index >= 15 is 0 Å². The summed E-state index contributed by atoms with van der Waals surface area (Å²) in [7, 11) is 0. The minimum absolute atomic E-state index is 0.110. The van der Waals surface area contributed by atoms with Gasteiger partial charge in [0.15, 0.2) is 0 Å². The zero-order valence-corrected chi connectivity index (χ0v) is 17.2. The number of benzene rings is 1. The lowest BCUT2D eigenvalue weighted by Gasteiger charge is -2.35. The fraction of sp³-hybridized carbons (Fsp3) is 0.500. The van der Waals surface area contributed by atoms with Crippen molar-refractivity contribution in [1.82, 2.24) is 0 Å². The Balaban J connectivity index is 1.69. The van der Waals surface area contributed by atoms with Gasteiger partial charge in [0, 0.05) is 6.42 Å². The molecule has 1 heterocycles. The molecule has 1 aromatic rings. The minimum atomic E-state index is -1.30. The first-order chi connectivity index (χ1) is 13.0. The van der Waals surface area contributed by atoms with Crippen LogP contribution in [0, 0.1) is 6.92 Å². The molecule has 1 aromatic carbocycles. The van der Waals surface area contributed by atoms with Crippen LogP contribution in [-0.2, 0) is 4.74 Å². The highest BCUT2D eigenvalue weighted by Gasteiger charge is 2.41. The molecular weight excluding hydrogens is 352 g/mol. The third-order valence-electron chi connectivity index (χ3n) is 5.90. The van der Waals surface area contributed by atoms with Crippen molar-refractivity contribution in [3.05, 3.63) is 65.3 Å². The van der Waals surface area contributed by atoms with Crippen LogP contribution in [0.3, 0.4) is 0 Å². The number of rotatable bonds is 4. The normalized spacial score (nSPS) is 39.0. The summed E-state index contributed by atoms with van der Waals surface area (Å²) in [6.07, 6.45) is 9.60. The van der Waals surface area contributed by atoms with Crippen molar-refractivity contribution in [2.24, 2.45) is 0 Å². The van der Waals surface area contributed by atoms with Crippen LogP contribution >= 0.6 is 0 Å². The van der Waals surface area contributed by atoms with Gasteiger partial charge in [0.05, 0.1) is 22.9 Å². The van der Waals surface area contributed by atoms with Gasteiger partial charge in [-0.15, -0.1) is 0 Å². The Morgan fingerprint density at radius 2 is 1.54 bits per heavy atom. The lowest BCUT2D eigenvalue weighted by molar-refractivity contribution is -0.0707. The van der Waals surface area contributed by atoms with Crippen LogP contribution in [0.4, 0.5) is 0 Å². The van der Waals surface area contributed by atoms with E-state index in [9.17, 15) is 15.3 Å². The Kier molecular flexibility index (Phi) is 5.70. The fourth-order valence-corrected chi connectivity index (χ4v) is 3.86. The highest BCUT2D eigenvalue weighted by atomic mass is 16.5. The summed E-state index contributed by atoms with van der Waals surface area (Å²) in [6, 6.07) is 8.39. The van der Waals surface area contributed by atoms with Crippen molar-refractivity contribution in [1.29, 1.82) is 0 Å². The molecule has 28 heavy (non-hydrogen) atoms. The highest BCUT2D eigenvalue weighted by molar-refractivity contribution is 5.51. The van der Waals surface area contributed by atoms with E-state index in [1.807, 2.05) is 19.1 Å². The molecule has 1 aliphatic heterocycles. The molecule has 0 unspecified atom stereocenters. The Hall–Kier alpha value is -1.72. The van der Waals surface area contributed by atoms with Gasteiger partial charge in [-0.1, -0.05) is 54.1 Å². The third kappa shape index (κ3) is 4.81. The molecule has 3 rings (SSSR count). The van der Waals surface area contributed by atoms with Gasteiger partial charge in [-0.2, -0.15) is 0 Å². The van der Waals surface area contributed by atoms with Crippen molar-refractivity contribution in [2.75, 3.05) is 0 Å². The molecule has 5 atom stereocenters. The van der Waals surface area contributed by atoms with Gasteiger partial charge in [0.25, 0.3) is 0 Å². The Morgan fingerprint density at radius 1 is 0.964 bits per heavy atom. The fourth-order valence-electron chi connectivity index (χ4n) is 3.86. The van der Waals surface area contributed by atoms with Gasteiger partial charge in [0.1, 0.15) is 6.10 Å². The van der Waals surface area contributed by atoms with E-state index in [1.54, 1.807) is 0 Å². The zero-order chi connectivity index (χ0) is 20.6. The first-order valence-electron chi connectivity index (χ1n) is 9.96. The van der Waals surface area contributed by atoms with E-state index in [2.05, 4.69) is 50.3 Å². The molecule has 0 spiro atoms. The van der Waals surface area contributed by atoms with E-state index in [-0.39, 0.29) is 12.0 Å². The lowest BCUT2D eigenvalue weighted by Crippen LogP contribution is -2.45. The van der Waals surface area contributed by atoms with Crippen LogP contribution in [0.1, 0.15) is 51.2 Å². The molecule has 0 bridgehead atoms. The van der Waals surface area contributed by atoms with Gasteiger partial charge in [-0.25, -0.2) is 0 Å². The first-order valence-corrected chi connectivity index (χ1v) is 9.96. The van der Waals surface area contributed by atoms with Gasteiger partial charge in [0.2, 0.25) is 0 Å². The molecule has 4 nitrogen and oxygen atoms in total. The molecule has 0 radical (unpaired) electrons. The molecule has 0 amide bonds. The second-order valence-electron chi connectivity index (χ2n) is 8.99. The summed E-state index contributed by atoms with van der Waals surface area (Å²) in [5.41, 5.74) is 0.904. The summed E-state index contributed by atoms with van der Waals surface area (Å²) in [5, 5.41) is 30.4. The molecule has 4 heteroatoms. The number of ether oxygens (including phenoxy) is 1. The first kappa shape index (κ1) is 21.0. The monoisotopic (exact) mass is 384 g/mol. The summed E-state index contributed by atoms with van der Waals surface area (Å²) in [5.74, 6) is 0. The number of aryl methyl sites for hydroxylation is 1. The largest absolute Gasteiger partial charge is 0.388 e. The minimum Gasteiger partial charge on any atom is -0.388 e. The Bertz CT molecular complexity index is 789. The third-order valence-corrected chi connectivity index (χ3v) is 5.90. The number of hydrogen-bond donors (Lipinski definition) is 3. The zero-order valence-electron chi connectivity index (χ0n) is 17.2. The molecule has 3 N–H and O–H groups in total. The quantitative estimate of drug-likeness (QED) is 0.740. The van der Waals surface area contributed by atoms with Crippen LogP contribution < -0.4 is 0 Å². The molecule has 152 valence electrons. The molecule has 0 aromatic heterocycles. The van der Waals surface area contributed by atoms with Gasteiger partial charge in [-0.3, -0.25) is 0 Å². The van der Waals surface area contributed by atoms with E-state index in [4.69, 9.17) is 4.74 Å². The van der Waals surface area contributed by atoms with Crippen molar-refractivity contribution in [3.63, 3.8) is 0 Å². The second kappa shape index (κ2) is 7.60. The van der Waals surface area contributed by atoms with Gasteiger partial charge >= 0.3 is 0 Å². The summed E-state index contributed by atoms with van der Waals surface area (Å²) in [4.78, 5) is 0. The predicted molar refractivity (Wildman–Crippen MR) is 112 cm³/mol. The van der Waals surface area contributed by atoms with E-state index in [0.717, 1.165) is 18.4 Å². The topological polar surface area (TPSA) is 69.9 Å². The van der Waals surface area contributed by atoms with Gasteiger partial charge < -0.3 is 20.1 Å². The van der Waals surface area contributed by atoms with Gasteiger partial charge in [-0.05, 0) is 57.7 Å². The number of aliphatic hydroxyl groups excluding tert-OH is 2. The molecule has 1 aliphatic carbocycles. The standard InChI is InChI=1S/C24H32O4/c1-17-5-7-18(8-6-17)9-11-22(2)13-14-23(3,28-22)12-10-19-15-21(26)24(4,27)16-20(19)25/h5-12,15,20-21,25-27H,13-14,16H2,1-4H3/b11-9+,12-10+/t20-,21-,22+,23+,24+/m0/s1. The highest BCUT2D eigenvalue weighted by Crippen LogP contribution is 2.40. The van der Waals surface area contributed by atoms with Crippen molar-refractivity contribution >= 4 is 6.08 Å². The maximum absolute atomic E-state index is 10.3. The van der Waals surface area contributed by atoms with Crippen molar-refractivity contribution < 1.29 is 20.1 Å². The van der Waals surface area contributed by atoms with Crippen LogP contribution in [0.15, 0.2) is 54.1 Å². The summed E-state index contributed by atoms with van der Waals surface area (Å²) < 4.78 is 6.38. The van der Waals surface area contributed by atoms with E-state index < -0.39 is 23.4 Å². The van der Waals surface area contributed by atoms with Crippen LogP contribution in [0.5, 0.6) is 0 Å². The molecule has 2 aliphatic rings. The summed E-state index contributed by atoms with van der Waals surface area (Å²) in [6.45, 7) is 7.74. The average Bonchev–Trinajstić information content (AvgIpc) is 2.92. The number of aliphatic hydroxyl groups is 3. The van der Waals surface area contributed by atoms with E-state index in [1.165, 1.54) is 18.6 Å². The SMILES string of the molecule is Cc1ccc(/C=C/[C@]2(C)CC[C@@](C)(/C=C/C3=C[C@H](O)[C@](C)(O)C[C@@H]3O)O2)cc1. The molecular formula is C24H32O4. The molecule has 1 saturated heterocycles. The molecule has 1 fully saturated rings. The van der Waals surface area contributed by atoms with Crippen LogP contribution in [-0.4, -0.2) is 44.3 Å².